The maximum absolute atomic E-state index is 12.6. The van der Waals surface area contributed by atoms with E-state index in [2.05, 4.69) is 32.0 Å². The van der Waals surface area contributed by atoms with Crippen LogP contribution in [0.15, 0.2) is 17.3 Å². The highest BCUT2D eigenvalue weighted by Gasteiger charge is 2.65. The second kappa shape index (κ2) is 6.60. The van der Waals surface area contributed by atoms with Gasteiger partial charge in [-0.3, -0.25) is 4.79 Å². The minimum atomic E-state index is -0.896. The summed E-state index contributed by atoms with van der Waals surface area (Å²) < 4.78 is 0. The Morgan fingerprint density at radius 3 is 2.76 bits per heavy atom. The zero-order chi connectivity index (χ0) is 20.4. The molecule has 5 aliphatic rings. The summed E-state index contributed by atoms with van der Waals surface area (Å²) >= 11 is 0. The number of carbonyl (C=O) groups excluding carboxylic acids is 1. The lowest BCUT2D eigenvalue weighted by Crippen LogP contribution is -2.63. The van der Waals surface area contributed by atoms with Gasteiger partial charge in [0.2, 0.25) is 0 Å². The molecule has 0 bridgehead atoms. The van der Waals surface area contributed by atoms with E-state index in [1.54, 1.807) is 0 Å². The first-order chi connectivity index (χ1) is 13.8. The highest BCUT2D eigenvalue weighted by molar-refractivity contribution is 5.88. The van der Waals surface area contributed by atoms with Crippen molar-refractivity contribution < 1.29 is 14.7 Å². The number of ketones is 1. The molecule has 5 fully saturated rings. The largest absolute Gasteiger partial charge is 0.388 e. The van der Waals surface area contributed by atoms with Crippen molar-refractivity contribution in [3.8, 4) is 0 Å². The first-order valence-corrected chi connectivity index (χ1v) is 11.7. The minimum absolute atomic E-state index is 0.138. The van der Waals surface area contributed by atoms with Gasteiger partial charge < -0.3 is 9.94 Å². The number of nitrogens with zero attached hydrogens (tertiary/aromatic N) is 1. The van der Waals surface area contributed by atoms with Crippen molar-refractivity contribution in [2.45, 2.75) is 96.2 Å². The minimum Gasteiger partial charge on any atom is -0.388 e. The molecular formula is C25H36NO3+. The highest BCUT2D eigenvalue weighted by atomic mass is 16.6. The summed E-state index contributed by atoms with van der Waals surface area (Å²) in [7, 11) is 0. The molecule has 29 heavy (non-hydrogen) atoms. The predicted molar refractivity (Wildman–Crippen MR) is 113 cm³/mol. The highest BCUT2D eigenvalue weighted by Crippen LogP contribution is 2.67. The Hall–Kier alpha value is -1.29. The van der Waals surface area contributed by atoms with Gasteiger partial charge in [-0.15, -0.1) is 0 Å². The molecule has 7 atom stereocenters. The number of oxime groups is 1. The van der Waals surface area contributed by atoms with E-state index in [9.17, 15) is 9.90 Å². The molecule has 0 heterocycles. The van der Waals surface area contributed by atoms with Crippen molar-refractivity contribution in [2.24, 2.45) is 33.7 Å². The molecule has 5 saturated carbocycles. The SMILES string of the molecule is C=C1CC2C3CCC(=O)C3(C)CCC2C2(C)CC/C(=N\OC3C[CH+]CC3)CC12O. The molecule has 5 rings (SSSR count). The molecule has 0 aromatic heterocycles. The van der Waals surface area contributed by atoms with Gasteiger partial charge in [0.05, 0.1) is 24.2 Å². The number of fused-ring (bicyclic) bond motifs is 5. The summed E-state index contributed by atoms with van der Waals surface area (Å²) in [6, 6.07) is 0. The normalized spacial score (nSPS) is 50.7. The van der Waals surface area contributed by atoms with Crippen LogP contribution in [0.25, 0.3) is 0 Å². The summed E-state index contributed by atoms with van der Waals surface area (Å²) in [5.41, 5.74) is 0.743. The van der Waals surface area contributed by atoms with Gasteiger partial charge in [-0.1, -0.05) is 25.6 Å². The van der Waals surface area contributed by atoms with Crippen LogP contribution in [-0.4, -0.2) is 28.3 Å². The Morgan fingerprint density at radius 1 is 1.17 bits per heavy atom. The third kappa shape index (κ3) is 2.70. The number of hydrogen-bond acceptors (Lipinski definition) is 4. The molecule has 0 spiro atoms. The van der Waals surface area contributed by atoms with Crippen LogP contribution < -0.4 is 0 Å². The average Bonchev–Trinajstić information content (AvgIpc) is 3.31. The maximum atomic E-state index is 12.6. The molecule has 1 N–H and O–H groups in total. The van der Waals surface area contributed by atoms with Crippen molar-refractivity contribution in [1.82, 2.24) is 0 Å². The van der Waals surface area contributed by atoms with Crippen molar-refractivity contribution in [3.63, 3.8) is 0 Å². The smallest absolute Gasteiger partial charge is 0.171 e. The Bertz CT molecular complexity index is 753. The van der Waals surface area contributed by atoms with Gasteiger partial charge in [0.1, 0.15) is 12.2 Å². The Labute approximate surface area is 175 Å². The van der Waals surface area contributed by atoms with Crippen LogP contribution in [0.2, 0.25) is 0 Å². The van der Waals surface area contributed by atoms with E-state index >= 15 is 0 Å². The molecule has 0 amide bonds. The Balaban J connectivity index is 1.40. The van der Waals surface area contributed by atoms with Gasteiger partial charge in [0.15, 0.2) is 6.10 Å². The fraction of sp³-hybridized carbons (Fsp3) is 0.800. The standard InChI is InChI=1S/C25H36NO3/c1-16-14-19-20-8-9-22(27)23(20,2)12-11-21(19)24(3)13-10-17(15-25(16,24)28)26-29-18-6-4-5-7-18/h4,18-21,28H,1,5-15H2,2-3H3/q+1/b26-17+. The van der Waals surface area contributed by atoms with Gasteiger partial charge in [-0.2, -0.15) is 0 Å². The van der Waals surface area contributed by atoms with Crippen LogP contribution in [0.4, 0.5) is 0 Å². The van der Waals surface area contributed by atoms with Gasteiger partial charge >= 0.3 is 0 Å². The van der Waals surface area contributed by atoms with Crippen molar-refractivity contribution in [2.75, 3.05) is 0 Å². The van der Waals surface area contributed by atoms with Crippen LogP contribution in [0.1, 0.15) is 84.5 Å². The van der Waals surface area contributed by atoms with E-state index in [1.807, 2.05) is 0 Å². The van der Waals surface area contributed by atoms with Crippen LogP contribution >= 0.6 is 0 Å². The molecule has 158 valence electrons. The number of hydrogen-bond donors (Lipinski definition) is 1. The Kier molecular flexibility index (Phi) is 4.48. The lowest BCUT2D eigenvalue weighted by atomic mass is 9.43. The molecule has 5 aliphatic carbocycles. The fourth-order valence-electron chi connectivity index (χ4n) is 7.85. The van der Waals surface area contributed by atoms with E-state index in [0.717, 1.165) is 75.5 Å². The third-order valence-corrected chi connectivity index (χ3v) is 9.82. The van der Waals surface area contributed by atoms with E-state index in [4.69, 9.17) is 4.84 Å². The van der Waals surface area contributed by atoms with Crippen molar-refractivity contribution >= 4 is 11.5 Å². The first kappa shape index (κ1) is 19.7. The summed E-state index contributed by atoms with van der Waals surface area (Å²) in [5.74, 6) is 1.89. The zero-order valence-corrected chi connectivity index (χ0v) is 18.1. The molecule has 0 aromatic carbocycles. The van der Waals surface area contributed by atoms with E-state index in [-0.39, 0.29) is 16.9 Å². The summed E-state index contributed by atoms with van der Waals surface area (Å²) in [5, 5.41) is 16.5. The Morgan fingerprint density at radius 2 is 2.00 bits per heavy atom. The molecule has 0 aromatic rings. The van der Waals surface area contributed by atoms with Gasteiger partial charge in [-0.25, -0.2) is 0 Å². The topological polar surface area (TPSA) is 58.9 Å². The van der Waals surface area contributed by atoms with Gasteiger partial charge in [-0.05, 0) is 61.9 Å². The fourth-order valence-corrected chi connectivity index (χ4v) is 7.85. The summed E-state index contributed by atoms with van der Waals surface area (Å²) in [6.07, 6.45) is 12.7. The van der Waals surface area contributed by atoms with Gasteiger partial charge in [0.25, 0.3) is 0 Å². The average molecular weight is 399 g/mol. The van der Waals surface area contributed by atoms with Gasteiger partial charge in [0, 0.05) is 30.1 Å². The summed E-state index contributed by atoms with van der Waals surface area (Å²) in [4.78, 5) is 18.4. The lowest BCUT2D eigenvalue weighted by Gasteiger charge is -2.63. The van der Waals surface area contributed by atoms with E-state index in [1.165, 1.54) is 0 Å². The first-order valence-electron chi connectivity index (χ1n) is 11.7. The second-order valence-electron chi connectivity index (χ2n) is 11.0. The van der Waals surface area contributed by atoms with Crippen LogP contribution in [0.3, 0.4) is 0 Å². The quantitative estimate of drug-likeness (QED) is 0.404. The predicted octanol–water partition coefficient (Wildman–Crippen LogP) is 5.01. The monoisotopic (exact) mass is 398 g/mol. The number of rotatable bonds is 2. The second-order valence-corrected chi connectivity index (χ2v) is 11.0. The van der Waals surface area contributed by atoms with Crippen LogP contribution in [0, 0.1) is 35.0 Å². The molecular weight excluding hydrogens is 362 g/mol. The maximum Gasteiger partial charge on any atom is 0.171 e. The van der Waals surface area contributed by atoms with E-state index in [0.29, 0.717) is 30.0 Å². The van der Waals surface area contributed by atoms with Crippen molar-refractivity contribution in [3.05, 3.63) is 18.6 Å². The van der Waals surface area contributed by atoms with Crippen LogP contribution in [0.5, 0.6) is 0 Å². The summed E-state index contributed by atoms with van der Waals surface area (Å²) in [6.45, 7) is 8.90. The molecule has 0 saturated heterocycles. The molecule has 0 aliphatic heterocycles. The van der Waals surface area contributed by atoms with Crippen LogP contribution in [-0.2, 0) is 9.63 Å². The molecule has 7 unspecified atom stereocenters. The number of Topliss-reactive ketones (excluding diaryl/α,β-unsaturated/α-hetero) is 1. The molecule has 4 nitrogen and oxygen atoms in total. The lowest BCUT2D eigenvalue weighted by molar-refractivity contribution is -0.161. The zero-order valence-electron chi connectivity index (χ0n) is 18.1. The van der Waals surface area contributed by atoms with Crippen molar-refractivity contribution in [1.29, 1.82) is 0 Å². The number of carbonyl (C=O) groups is 1. The third-order valence-electron chi connectivity index (χ3n) is 9.82. The number of aliphatic hydroxyl groups is 1. The van der Waals surface area contributed by atoms with E-state index < -0.39 is 5.60 Å². The molecule has 4 heteroatoms. The molecule has 0 radical (unpaired) electrons.